The molecule has 0 aliphatic heterocycles. The molecule has 0 spiro atoms. The van der Waals surface area contributed by atoms with Crippen molar-refractivity contribution in [2.45, 2.75) is 26.8 Å². The van der Waals surface area contributed by atoms with Gasteiger partial charge in [-0.15, -0.1) is 11.3 Å². The number of nitrogens with one attached hydrogen (secondary N) is 1. The van der Waals surface area contributed by atoms with Crippen LogP contribution in [0.3, 0.4) is 0 Å². The van der Waals surface area contributed by atoms with Gasteiger partial charge in [-0.2, -0.15) is 0 Å². The third kappa shape index (κ3) is 4.35. The fourth-order valence-electron chi connectivity index (χ4n) is 1.91. The Balaban J connectivity index is 1.78. The summed E-state index contributed by atoms with van der Waals surface area (Å²) in [6.45, 7) is 5.40. The van der Waals surface area contributed by atoms with Gasteiger partial charge in [0.25, 0.3) is 0 Å². The van der Waals surface area contributed by atoms with Crippen LogP contribution >= 0.6 is 11.3 Å². The third-order valence-corrected chi connectivity index (χ3v) is 3.89. The second-order valence-electron chi connectivity index (χ2n) is 4.60. The third-order valence-electron chi connectivity index (χ3n) is 2.96. The van der Waals surface area contributed by atoms with E-state index in [4.69, 9.17) is 5.73 Å². The molecular formula is C15H20N4S. The van der Waals surface area contributed by atoms with E-state index >= 15 is 0 Å². The largest absolute Gasteiger partial charge is 0.370 e. The average molecular weight is 288 g/mol. The lowest BCUT2D eigenvalue weighted by Crippen LogP contribution is -2.33. The Morgan fingerprint density at radius 2 is 2.05 bits per heavy atom. The summed E-state index contributed by atoms with van der Waals surface area (Å²) in [5, 5.41) is 4.20. The smallest absolute Gasteiger partial charge is 0.188 e. The molecular weight excluding hydrogens is 268 g/mol. The van der Waals surface area contributed by atoms with Crippen LogP contribution in [0.2, 0.25) is 0 Å². The number of benzene rings is 1. The van der Waals surface area contributed by atoms with Gasteiger partial charge < -0.3 is 11.1 Å². The van der Waals surface area contributed by atoms with Crippen LogP contribution in [0.1, 0.15) is 21.1 Å². The van der Waals surface area contributed by atoms with E-state index in [1.807, 2.05) is 25.1 Å². The molecule has 2 rings (SSSR count). The van der Waals surface area contributed by atoms with Crippen molar-refractivity contribution in [3.8, 4) is 0 Å². The normalized spacial score (nSPS) is 11.6. The van der Waals surface area contributed by atoms with Crippen molar-refractivity contribution in [2.24, 2.45) is 10.7 Å². The Labute approximate surface area is 123 Å². The number of aromatic nitrogens is 1. The molecule has 0 saturated heterocycles. The first-order valence-corrected chi connectivity index (χ1v) is 7.47. The van der Waals surface area contributed by atoms with Crippen LogP contribution in [0, 0.1) is 13.8 Å². The number of rotatable bonds is 5. The van der Waals surface area contributed by atoms with Gasteiger partial charge in [0.05, 0.1) is 17.2 Å². The van der Waals surface area contributed by atoms with Crippen LogP contribution < -0.4 is 11.1 Å². The van der Waals surface area contributed by atoms with E-state index in [0.717, 1.165) is 23.7 Å². The van der Waals surface area contributed by atoms with Gasteiger partial charge in [-0.3, -0.25) is 0 Å². The van der Waals surface area contributed by atoms with E-state index in [0.29, 0.717) is 12.5 Å². The van der Waals surface area contributed by atoms with E-state index in [1.54, 1.807) is 11.3 Å². The van der Waals surface area contributed by atoms with E-state index < -0.39 is 0 Å². The molecule has 0 bridgehead atoms. The molecule has 0 aliphatic rings. The highest BCUT2D eigenvalue weighted by Crippen LogP contribution is 2.16. The number of aliphatic imine (C=N–C) groups is 1. The quantitative estimate of drug-likeness (QED) is 0.656. The second kappa shape index (κ2) is 7.05. The number of hydrogen-bond donors (Lipinski definition) is 2. The van der Waals surface area contributed by atoms with Crippen LogP contribution in [-0.2, 0) is 13.0 Å². The van der Waals surface area contributed by atoms with Crippen LogP contribution in [0.5, 0.6) is 0 Å². The molecule has 3 N–H and O–H groups in total. The van der Waals surface area contributed by atoms with Crippen LogP contribution in [-0.4, -0.2) is 17.5 Å². The summed E-state index contributed by atoms with van der Waals surface area (Å²) in [5.41, 5.74) is 8.16. The Bertz CT molecular complexity index is 575. The summed E-state index contributed by atoms with van der Waals surface area (Å²) in [5.74, 6) is 0.478. The van der Waals surface area contributed by atoms with E-state index in [9.17, 15) is 0 Å². The molecule has 5 heteroatoms. The van der Waals surface area contributed by atoms with Gasteiger partial charge in [0.2, 0.25) is 0 Å². The molecule has 0 atom stereocenters. The first-order valence-electron chi connectivity index (χ1n) is 6.66. The van der Waals surface area contributed by atoms with Crippen LogP contribution in [0.15, 0.2) is 35.3 Å². The lowest BCUT2D eigenvalue weighted by molar-refractivity contribution is 0.844. The molecule has 1 aromatic carbocycles. The summed E-state index contributed by atoms with van der Waals surface area (Å²) in [4.78, 5) is 9.98. The van der Waals surface area contributed by atoms with E-state index in [1.165, 1.54) is 10.4 Å². The van der Waals surface area contributed by atoms with Gasteiger partial charge in [-0.1, -0.05) is 30.3 Å². The summed E-state index contributed by atoms with van der Waals surface area (Å²) in [6, 6.07) is 10.3. The summed E-state index contributed by atoms with van der Waals surface area (Å²) < 4.78 is 0. The fraction of sp³-hybridized carbons (Fsp3) is 0.333. The van der Waals surface area contributed by atoms with Crippen molar-refractivity contribution >= 4 is 17.3 Å². The second-order valence-corrected chi connectivity index (χ2v) is 6.01. The highest BCUT2D eigenvalue weighted by molar-refractivity contribution is 7.11. The predicted octanol–water partition coefficient (Wildman–Crippen LogP) is 2.41. The minimum atomic E-state index is 0.478. The fourth-order valence-corrected chi connectivity index (χ4v) is 2.74. The maximum atomic E-state index is 5.86. The Kier molecular flexibility index (Phi) is 5.12. The molecule has 0 fully saturated rings. The molecule has 1 aromatic heterocycles. The zero-order chi connectivity index (χ0) is 14.4. The molecule has 106 valence electrons. The molecule has 0 unspecified atom stereocenters. The molecule has 2 aromatic rings. The van der Waals surface area contributed by atoms with Gasteiger partial charge in [0.15, 0.2) is 5.96 Å². The average Bonchev–Trinajstić information content (AvgIpc) is 2.76. The standard InChI is InChI=1S/C15H20N4S/c1-11-14(19-12(2)20-11)10-18-15(16)17-9-8-13-6-4-3-5-7-13/h3-7H,8-10H2,1-2H3,(H3,16,17,18). The minimum absolute atomic E-state index is 0.478. The zero-order valence-electron chi connectivity index (χ0n) is 11.9. The molecule has 0 aliphatic carbocycles. The number of nitrogens with zero attached hydrogens (tertiary/aromatic N) is 2. The highest BCUT2D eigenvalue weighted by atomic mass is 32.1. The summed E-state index contributed by atoms with van der Waals surface area (Å²) in [7, 11) is 0. The SMILES string of the molecule is Cc1nc(CN=C(N)NCCc2ccccc2)c(C)s1. The number of guanidine groups is 1. The van der Waals surface area contributed by atoms with Crippen molar-refractivity contribution in [1.29, 1.82) is 0 Å². The van der Waals surface area contributed by atoms with Gasteiger partial charge in [0.1, 0.15) is 0 Å². The van der Waals surface area contributed by atoms with Crippen molar-refractivity contribution in [1.82, 2.24) is 10.3 Å². The van der Waals surface area contributed by atoms with Crippen molar-refractivity contribution in [2.75, 3.05) is 6.54 Å². The molecule has 0 radical (unpaired) electrons. The monoisotopic (exact) mass is 288 g/mol. The maximum Gasteiger partial charge on any atom is 0.188 e. The minimum Gasteiger partial charge on any atom is -0.370 e. The van der Waals surface area contributed by atoms with Crippen molar-refractivity contribution in [3.05, 3.63) is 51.5 Å². The molecule has 4 nitrogen and oxygen atoms in total. The van der Waals surface area contributed by atoms with Crippen molar-refractivity contribution < 1.29 is 0 Å². The Morgan fingerprint density at radius 3 is 2.70 bits per heavy atom. The number of thiazole rings is 1. The molecule has 1 heterocycles. The molecule has 20 heavy (non-hydrogen) atoms. The van der Waals surface area contributed by atoms with Crippen LogP contribution in [0.25, 0.3) is 0 Å². The lowest BCUT2D eigenvalue weighted by atomic mass is 10.1. The summed E-state index contributed by atoms with van der Waals surface area (Å²) in [6.07, 6.45) is 0.936. The topological polar surface area (TPSA) is 63.3 Å². The summed E-state index contributed by atoms with van der Waals surface area (Å²) >= 11 is 1.69. The van der Waals surface area contributed by atoms with Gasteiger partial charge >= 0.3 is 0 Å². The number of hydrogen-bond acceptors (Lipinski definition) is 3. The van der Waals surface area contributed by atoms with E-state index in [-0.39, 0.29) is 0 Å². The number of nitrogens with two attached hydrogens (primary N) is 1. The number of aryl methyl sites for hydroxylation is 2. The maximum absolute atomic E-state index is 5.86. The first-order chi connectivity index (χ1) is 9.65. The lowest BCUT2D eigenvalue weighted by Gasteiger charge is -2.05. The van der Waals surface area contributed by atoms with Crippen LogP contribution in [0.4, 0.5) is 0 Å². The zero-order valence-corrected chi connectivity index (χ0v) is 12.7. The van der Waals surface area contributed by atoms with Gasteiger partial charge in [-0.05, 0) is 25.8 Å². The Morgan fingerprint density at radius 1 is 1.30 bits per heavy atom. The van der Waals surface area contributed by atoms with E-state index in [2.05, 4.69) is 34.3 Å². The van der Waals surface area contributed by atoms with Gasteiger partial charge in [-0.25, -0.2) is 9.98 Å². The predicted molar refractivity (Wildman–Crippen MR) is 85.1 cm³/mol. The Hall–Kier alpha value is -1.88. The first kappa shape index (κ1) is 14.5. The van der Waals surface area contributed by atoms with Crippen molar-refractivity contribution in [3.63, 3.8) is 0 Å². The highest BCUT2D eigenvalue weighted by Gasteiger charge is 2.03. The van der Waals surface area contributed by atoms with Gasteiger partial charge in [0, 0.05) is 11.4 Å². The molecule has 0 saturated carbocycles. The molecule has 0 amide bonds.